The van der Waals surface area contributed by atoms with Crippen LogP contribution >= 0.6 is 0 Å². The molecule has 0 radical (unpaired) electrons. The van der Waals surface area contributed by atoms with E-state index in [1.807, 2.05) is 0 Å². The molecule has 288 valence electrons. The first-order valence-electron chi connectivity index (χ1n) is 22.6. The van der Waals surface area contributed by atoms with Crippen molar-refractivity contribution in [3.8, 4) is 0 Å². The highest BCUT2D eigenvalue weighted by molar-refractivity contribution is 5.13. The van der Waals surface area contributed by atoms with Gasteiger partial charge in [0.15, 0.2) is 0 Å². The Hall–Kier alpha value is -1.60. The smallest absolute Gasteiger partial charge is 0.104 e. The summed E-state index contributed by atoms with van der Waals surface area (Å²) in [5.74, 6) is 0. The molecule has 0 N–H and O–H groups in total. The second kappa shape index (κ2) is 37.2. The largest absolute Gasteiger partial charge is 0.320 e. The predicted molar refractivity (Wildman–Crippen MR) is 228 cm³/mol. The van der Waals surface area contributed by atoms with Crippen molar-refractivity contribution in [1.82, 2.24) is 0 Å². The Morgan fingerprint density at radius 3 is 0.940 bits per heavy atom. The number of unbranched alkanes of at least 4 members (excludes halogenated alkanes) is 24. The minimum absolute atomic E-state index is 1.23. The Kier molecular flexibility index (Phi) is 34.5. The molecular weight excluding hydrogens is 603 g/mol. The molecule has 0 aliphatic carbocycles. The molecule has 1 aromatic carbocycles. The molecule has 0 unspecified atom stereocenters. The third-order valence-corrected chi connectivity index (χ3v) is 10.8. The molecule has 0 atom stereocenters. The Bertz CT molecular complexity index is 796. The Balaban J connectivity index is 2.59. The summed E-state index contributed by atoms with van der Waals surface area (Å²) in [6.45, 7) is 12.2. The minimum Gasteiger partial charge on any atom is -0.320 e. The topological polar surface area (TPSA) is 0 Å². The lowest BCUT2D eigenvalue weighted by Gasteiger charge is -2.39. The third-order valence-electron chi connectivity index (χ3n) is 10.8. The molecule has 0 aromatic heterocycles. The normalized spacial score (nSPS) is 12.4. The molecule has 1 nitrogen and oxygen atoms in total. The van der Waals surface area contributed by atoms with Crippen LogP contribution < -0.4 is 0 Å². The first-order valence-corrected chi connectivity index (χ1v) is 22.6. The summed E-state index contributed by atoms with van der Waals surface area (Å²) in [4.78, 5) is 0. The lowest BCUT2D eigenvalue weighted by atomic mass is 10.0. The zero-order valence-electron chi connectivity index (χ0n) is 34.3. The number of rotatable bonds is 38. The van der Waals surface area contributed by atoms with Crippen molar-refractivity contribution in [2.45, 2.75) is 220 Å². The van der Waals surface area contributed by atoms with E-state index in [0.717, 1.165) is 0 Å². The summed E-state index contributed by atoms with van der Waals surface area (Å²) in [5, 5.41) is 0. The maximum absolute atomic E-state index is 2.45. The highest BCUT2D eigenvalue weighted by Crippen LogP contribution is 2.23. The van der Waals surface area contributed by atoms with Gasteiger partial charge < -0.3 is 4.48 Å². The molecule has 0 aliphatic heterocycles. The molecule has 0 bridgehead atoms. The quantitative estimate of drug-likeness (QED) is 0.0368. The van der Waals surface area contributed by atoms with Crippen molar-refractivity contribution < 1.29 is 4.48 Å². The van der Waals surface area contributed by atoms with Gasteiger partial charge in [-0.3, -0.25) is 0 Å². The van der Waals surface area contributed by atoms with Crippen molar-refractivity contribution in [1.29, 1.82) is 0 Å². The first-order chi connectivity index (χ1) is 24.8. The van der Waals surface area contributed by atoms with Crippen LogP contribution in [0.1, 0.15) is 219 Å². The van der Waals surface area contributed by atoms with Crippen LogP contribution in [0.5, 0.6) is 0 Å². The Morgan fingerprint density at radius 2 is 0.620 bits per heavy atom. The highest BCUT2D eigenvalue weighted by Gasteiger charge is 2.26. The maximum Gasteiger partial charge on any atom is 0.104 e. The molecule has 0 amide bonds. The van der Waals surface area contributed by atoms with E-state index in [4.69, 9.17) is 0 Å². The molecule has 0 spiro atoms. The predicted octanol–water partition coefficient (Wildman–Crippen LogP) is 16.4. The molecule has 0 aliphatic rings. The monoisotopic (exact) mass is 691 g/mol. The number of quaternary nitrogens is 1. The average molecular weight is 691 g/mol. The molecule has 50 heavy (non-hydrogen) atoms. The lowest BCUT2D eigenvalue weighted by Crippen LogP contribution is -2.49. The van der Waals surface area contributed by atoms with E-state index < -0.39 is 0 Å². The van der Waals surface area contributed by atoms with E-state index in [1.54, 1.807) is 5.56 Å². The van der Waals surface area contributed by atoms with E-state index in [9.17, 15) is 0 Å². The number of benzene rings is 1. The molecule has 1 aromatic rings. The van der Waals surface area contributed by atoms with E-state index in [1.165, 1.54) is 223 Å². The van der Waals surface area contributed by atoms with E-state index in [0.29, 0.717) is 0 Å². The van der Waals surface area contributed by atoms with Gasteiger partial charge in [0, 0.05) is 5.56 Å². The van der Waals surface area contributed by atoms with Gasteiger partial charge in [-0.15, -0.1) is 0 Å². The molecule has 1 rings (SSSR count). The third kappa shape index (κ3) is 30.1. The Morgan fingerprint density at radius 1 is 0.340 bits per heavy atom. The summed E-state index contributed by atoms with van der Waals surface area (Å²) in [6, 6.07) is 11.5. The number of hydrogen-bond donors (Lipinski definition) is 0. The van der Waals surface area contributed by atoms with Crippen LogP contribution in [0.15, 0.2) is 66.8 Å². The fourth-order valence-corrected chi connectivity index (χ4v) is 7.51. The van der Waals surface area contributed by atoms with Gasteiger partial charge in [-0.2, -0.15) is 0 Å². The van der Waals surface area contributed by atoms with Crippen molar-refractivity contribution in [2.75, 3.05) is 19.6 Å². The van der Waals surface area contributed by atoms with Gasteiger partial charge >= 0.3 is 0 Å². The maximum atomic E-state index is 2.45. The van der Waals surface area contributed by atoms with Crippen molar-refractivity contribution >= 4 is 0 Å². The van der Waals surface area contributed by atoms with Crippen molar-refractivity contribution in [3.05, 3.63) is 72.4 Å². The fraction of sp³-hybridized carbons (Fsp3) is 0.755. The van der Waals surface area contributed by atoms with Crippen molar-refractivity contribution in [3.63, 3.8) is 0 Å². The second-order valence-corrected chi connectivity index (χ2v) is 15.7. The summed E-state index contributed by atoms with van der Waals surface area (Å²) >= 11 is 0. The Labute approximate surface area is 315 Å². The van der Waals surface area contributed by atoms with E-state index >= 15 is 0 Å². The number of nitrogens with zero attached hydrogens (tertiary/aromatic N) is 1. The molecule has 1 heteroatoms. The standard InChI is InChI=1S/C49H88N/c1-4-7-10-13-16-19-22-25-28-31-34-40-45-50(48-49-43-38-37-39-44-49,46-41-35-32-29-26-23-20-17-14-11-8-5-2)47-42-36-33-30-27-24-21-18-15-12-9-6-3/h16-21,37-39,43-44H,4-15,22-36,40-42,45-48H2,1-3H3/q+1/b19-16+,20-17+,21-18+. The summed E-state index contributed by atoms with van der Waals surface area (Å²) in [5.41, 5.74) is 1.55. The van der Waals surface area contributed by atoms with Gasteiger partial charge in [-0.05, 0) is 116 Å². The van der Waals surface area contributed by atoms with Gasteiger partial charge in [0.25, 0.3) is 0 Å². The van der Waals surface area contributed by atoms with E-state index in [-0.39, 0.29) is 0 Å². The van der Waals surface area contributed by atoms with Gasteiger partial charge in [0.1, 0.15) is 6.54 Å². The molecule has 0 fully saturated rings. The SMILES string of the molecule is CCCCC/C=C/CCCCCCC[N+](CCCCCCC/C=C/CCCCC)(CCCCCCC/C=C/CCCCC)Cc1ccccc1. The van der Waals surface area contributed by atoms with Gasteiger partial charge in [-0.1, -0.05) is 165 Å². The van der Waals surface area contributed by atoms with Crippen LogP contribution in [0, 0.1) is 0 Å². The minimum atomic E-state index is 1.23. The van der Waals surface area contributed by atoms with Crippen LogP contribution in [0.25, 0.3) is 0 Å². The molecular formula is C49H88N+. The second-order valence-electron chi connectivity index (χ2n) is 15.7. The highest BCUT2D eigenvalue weighted by atomic mass is 15.3. The van der Waals surface area contributed by atoms with Crippen LogP contribution in [-0.4, -0.2) is 24.1 Å². The lowest BCUT2D eigenvalue weighted by molar-refractivity contribution is -0.941. The fourth-order valence-electron chi connectivity index (χ4n) is 7.51. The van der Waals surface area contributed by atoms with Crippen LogP contribution in [0.3, 0.4) is 0 Å². The molecule has 0 saturated carbocycles. The van der Waals surface area contributed by atoms with Gasteiger partial charge in [-0.25, -0.2) is 0 Å². The van der Waals surface area contributed by atoms with Crippen LogP contribution in [0.2, 0.25) is 0 Å². The molecule has 0 saturated heterocycles. The number of allylic oxidation sites excluding steroid dienone is 6. The number of hydrogen-bond acceptors (Lipinski definition) is 0. The van der Waals surface area contributed by atoms with Crippen LogP contribution in [-0.2, 0) is 6.54 Å². The zero-order valence-corrected chi connectivity index (χ0v) is 34.3. The van der Waals surface area contributed by atoms with Gasteiger partial charge in [0.2, 0.25) is 0 Å². The zero-order chi connectivity index (χ0) is 35.9. The van der Waals surface area contributed by atoms with Gasteiger partial charge in [0.05, 0.1) is 19.6 Å². The van der Waals surface area contributed by atoms with E-state index in [2.05, 4.69) is 87.6 Å². The van der Waals surface area contributed by atoms with Crippen LogP contribution in [0.4, 0.5) is 0 Å². The summed E-state index contributed by atoms with van der Waals surface area (Å²) in [6.07, 6.45) is 55.5. The average Bonchev–Trinajstić information content (AvgIpc) is 3.13. The molecule has 0 heterocycles. The van der Waals surface area contributed by atoms with Crippen molar-refractivity contribution in [2.24, 2.45) is 0 Å². The summed E-state index contributed by atoms with van der Waals surface area (Å²) in [7, 11) is 0. The first kappa shape index (κ1) is 46.4. The summed E-state index contributed by atoms with van der Waals surface area (Å²) < 4.78 is 1.32.